The van der Waals surface area contributed by atoms with E-state index in [0.717, 1.165) is 48.2 Å². The van der Waals surface area contributed by atoms with Crippen LogP contribution in [0.4, 0.5) is 0 Å². The lowest BCUT2D eigenvalue weighted by molar-refractivity contribution is -0.185. The number of Topliss-reactive ketones (excluding diaryl/α,β-unsaturated/α-hetero) is 1. The summed E-state index contributed by atoms with van der Waals surface area (Å²) in [7, 11) is 0. The lowest BCUT2D eigenvalue weighted by Gasteiger charge is -2.43. The maximum absolute atomic E-state index is 13.6. The van der Waals surface area contributed by atoms with Gasteiger partial charge in [0, 0.05) is 30.3 Å². The predicted molar refractivity (Wildman–Crippen MR) is 149 cm³/mol. The number of phenolic OH excluding ortho intramolecular Hbond substituents is 1. The van der Waals surface area contributed by atoms with Gasteiger partial charge in [0.15, 0.2) is 11.6 Å². The van der Waals surface area contributed by atoms with Crippen LogP contribution in [0.15, 0.2) is 18.2 Å². The van der Waals surface area contributed by atoms with Gasteiger partial charge in [-0.2, -0.15) is 4.98 Å². The highest BCUT2D eigenvalue weighted by Gasteiger charge is 2.51. The fraction of sp³-hybridized carbons (Fsp3) is 0.581. The lowest BCUT2D eigenvalue weighted by Crippen LogP contribution is -2.52. The van der Waals surface area contributed by atoms with E-state index in [1.165, 1.54) is 0 Å². The molecule has 2 unspecified atom stereocenters. The second kappa shape index (κ2) is 11.2. The molecule has 2 atom stereocenters. The number of esters is 1. The van der Waals surface area contributed by atoms with Gasteiger partial charge in [-0.15, -0.1) is 5.10 Å². The smallest absolute Gasteiger partial charge is 0.317 e. The molecule has 2 aromatic heterocycles. The highest BCUT2D eigenvalue weighted by molar-refractivity contribution is 6.01. The molecule has 1 N–H and O–H groups in total. The summed E-state index contributed by atoms with van der Waals surface area (Å²) in [6, 6.07) is 5.58. The fourth-order valence-corrected chi connectivity index (χ4v) is 6.41. The topological polar surface area (TPSA) is 116 Å². The average Bonchev–Trinajstić information content (AvgIpc) is 3.56. The molecule has 3 heterocycles. The Morgan fingerprint density at radius 3 is 2.55 bits per heavy atom. The van der Waals surface area contributed by atoms with E-state index < -0.39 is 17.5 Å². The van der Waals surface area contributed by atoms with E-state index in [4.69, 9.17) is 9.47 Å². The third-order valence-electron chi connectivity index (χ3n) is 8.42. The molecular weight excluding hydrogens is 508 g/mol. The molecule has 9 nitrogen and oxygen atoms in total. The molecule has 1 aromatic carbocycles. The number of carbonyl (C=O) groups excluding carboxylic acids is 2. The Labute approximate surface area is 235 Å². The van der Waals surface area contributed by atoms with Gasteiger partial charge in [-0.1, -0.05) is 19.8 Å². The van der Waals surface area contributed by atoms with E-state index in [1.807, 2.05) is 46.8 Å². The zero-order chi connectivity index (χ0) is 28.6. The predicted octanol–water partition coefficient (Wildman–Crippen LogP) is 5.03. The molecule has 9 heteroatoms. The zero-order valence-corrected chi connectivity index (χ0v) is 24.2. The molecule has 1 aliphatic heterocycles. The minimum Gasteiger partial charge on any atom is -0.508 e. The SMILES string of the molecule is CCc1cc(CCC2(C3CCCC3)CC(=O)C(Cc3nc4nc(C)cc(C)n4n3)C(=O)O2)c(OC(C)C)cc1O. The molecule has 3 aromatic rings. The minimum absolute atomic E-state index is 0.0552. The van der Waals surface area contributed by atoms with Gasteiger partial charge in [0.2, 0.25) is 0 Å². The molecule has 2 aliphatic rings. The monoisotopic (exact) mass is 548 g/mol. The van der Waals surface area contributed by atoms with Gasteiger partial charge < -0.3 is 14.6 Å². The van der Waals surface area contributed by atoms with Crippen molar-refractivity contribution in [3.63, 3.8) is 0 Å². The molecule has 214 valence electrons. The van der Waals surface area contributed by atoms with Crippen molar-refractivity contribution in [1.82, 2.24) is 19.6 Å². The number of carbonyl (C=O) groups is 2. The van der Waals surface area contributed by atoms with Crippen LogP contribution in [0.25, 0.3) is 5.78 Å². The Bertz CT molecular complexity index is 1400. The van der Waals surface area contributed by atoms with Crippen molar-refractivity contribution in [3.05, 3.63) is 46.5 Å². The molecule has 0 bridgehead atoms. The van der Waals surface area contributed by atoms with Crippen LogP contribution in [0.2, 0.25) is 0 Å². The molecule has 1 saturated heterocycles. The molecule has 0 spiro atoms. The maximum Gasteiger partial charge on any atom is 0.317 e. The molecule has 5 rings (SSSR count). The van der Waals surface area contributed by atoms with E-state index in [0.29, 0.717) is 36.6 Å². The van der Waals surface area contributed by atoms with Crippen LogP contribution in [-0.2, 0) is 33.6 Å². The Kier molecular flexibility index (Phi) is 7.84. The highest BCUT2D eigenvalue weighted by Crippen LogP contribution is 2.46. The number of benzene rings is 1. The maximum atomic E-state index is 13.6. The summed E-state index contributed by atoms with van der Waals surface area (Å²) in [5, 5.41) is 15.0. The van der Waals surface area contributed by atoms with E-state index in [1.54, 1.807) is 10.6 Å². The minimum atomic E-state index is -0.923. The number of fused-ring (bicyclic) bond motifs is 1. The number of hydrogen-bond acceptors (Lipinski definition) is 8. The van der Waals surface area contributed by atoms with Crippen molar-refractivity contribution in [3.8, 4) is 11.5 Å². The fourth-order valence-electron chi connectivity index (χ4n) is 6.41. The van der Waals surface area contributed by atoms with Crippen LogP contribution in [0.3, 0.4) is 0 Å². The van der Waals surface area contributed by atoms with Crippen LogP contribution in [-0.4, -0.2) is 48.1 Å². The molecule has 40 heavy (non-hydrogen) atoms. The van der Waals surface area contributed by atoms with Crippen molar-refractivity contribution in [2.45, 2.75) is 104 Å². The molecule has 0 amide bonds. The van der Waals surface area contributed by atoms with E-state index >= 15 is 0 Å². The number of phenols is 1. The van der Waals surface area contributed by atoms with E-state index in [9.17, 15) is 14.7 Å². The van der Waals surface area contributed by atoms with Gasteiger partial charge in [-0.05, 0) is 89.0 Å². The second-order valence-corrected chi connectivity index (χ2v) is 11.8. The molecule has 1 saturated carbocycles. The zero-order valence-electron chi connectivity index (χ0n) is 24.2. The van der Waals surface area contributed by atoms with Gasteiger partial charge in [-0.25, -0.2) is 9.50 Å². The number of aromatic nitrogens is 4. The number of hydrogen-bond donors (Lipinski definition) is 1. The third-order valence-corrected chi connectivity index (χ3v) is 8.42. The number of ether oxygens (including phenoxy) is 2. The third kappa shape index (κ3) is 5.56. The quantitative estimate of drug-likeness (QED) is 0.292. The van der Waals surface area contributed by atoms with Gasteiger partial charge in [0.25, 0.3) is 5.78 Å². The first-order valence-corrected chi connectivity index (χ1v) is 14.6. The van der Waals surface area contributed by atoms with E-state index in [2.05, 4.69) is 15.1 Å². The van der Waals surface area contributed by atoms with Crippen molar-refractivity contribution < 1.29 is 24.2 Å². The number of aryl methyl sites for hydroxylation is 4. The number of aromatic hydroxyl groups is 1. The van der Waals surface area contributed by atoms with Crippen LogP contribution in [0.1, 0.15) is 87.6 Å². The summed E-state index contributed by atoms with van der Waals surface area (Å²) < 4.78 is 14.0. The summed E-state index contributed by atoms with van der Waals surface area (Å²) >= 11 is 0. The standard InChI is InChI=1S/C31H40N4O5/c1-6-21-14-22(27(16-25(21)36)39-18(2)3)11-12-31(23-9-7-8-10-23)17-26(37)24(29(38)40-31)15-28-33-30-32-19(4)13-20(5)35(30)34-28/h13-14,16,18,23-24,36H,6-12,15,17H2,1-5H3. The summed E-state index contributed by atoms with van der Waals surface area (Å²) in [6.07, 6.45) is 6.05. The summed E-state index contributed by atoms with van der Waals surface area (Å²) in [5.74, 6) is 0.351. The molecule has 2 fully saturated rings. The van der Waals surface area contributed by atoms with Crippen LogP contribution >= 0.6 is 0 Å². The number of ketones is 1. The van der Waals surface area contributed by atoms with Gasteiger partial charge in [-0.3, -0.25) is 9.59 Å². The second-order valence-electron chi connectivity index (χ2n) is 11.8. The van der Waals surface area contributed by atoms with Crippen molar-refractivity contribution >= 4 is 17.5 Å². The van der Waals surface area contributed by atoms with E-state index in [-0.39, 0.29) is 36.4 Å². The summed E-state index contributed by atoms with van der Waals surface area (Å²) in [4.78, 5) is 36.1. The van der Waals surface area contributed by atoms with Crippen molar-refractivity contribution in [2.24, 2.45) is 11.8 Å². The Balaban J connectivity index is 1.39. The normalized spacial score (nSPS) is 21.9. The lowest BCUT2D eigenvalue weighted by atomic mass is 9.73. The van der Waals surface area contributed by atoms with Crippen molar-refractivity contribution in [1.29, 1.82) is 0 Å². The first-order chi connectivity index (χ1) is 19.1. The number of nitrogens with zero attached hydrogens (tertiary/aromatic N) is 4. The average molecular weight is 549 g/mol. The van der Waals surface area contributed by atoms with Crippen LogP contribution in [0.5, 0.6) is 11.5 Å². The first-order valence-electron chi connectivity index (χ1n) is 14.6. The molecule has 0 radical (unpaired) electrons. The van der Waals surface area contributed by atoms with Crippen LogP contribution in [0, 0.1) is 25.7 Å². The number of rotatable bonds is 9. The Morgan fingerprint density at radius 1 is 1.12 bits per heavy atom. The first kappa shape index (κ1) is 28.1. The Morgan fingerprint density at radius 2 is 1.88 bits per heavy atom. The Hall–Kier alpha value is -3.49. The van der Waals surface area contributed by atoms with Gasteiger partial charge in [0.05, 0.1) is 6.10 Å². The number of cyclic esters (lactones) is 1. The van der Waals surface area contributed by atoms with Crippen molar-refractivity contribution in [2.75, 3.05) is 0 Å². The van der Waals surface area contributed by atoms with Gasteiger partial charge >= 0.3 is 5.97 Å². The summed E-state index contributed by atoms with van der Waals surface area (Å²) in [6.45, 7) is 9.72. The summed E-state index contributed by atoms with van der Waals surface area (Å²) in [5.41, 5.74) is 2.68. The largest absolute Gasteiger partial charge is 0.508 e. The van der Waals surface area contributed by atoms with Gasteiger partial charge in [0.1, 0.15) is 23.0 Å². The highest BCUT2D eigenvalue weighted by atomic mass is 16.6. The van der Waals surface area contributed by atoms with Crippen LogP contribution < -0.4 is 4.74 Å². The molecular formula is C31H40N4O5. The molecule has 1 aliphatic carbocycles.